The Labute approximate surface area is 179 Å². The van der Waals surface area contributed by atoms with Crippen LogP contribution in [0.25, 0.3) is 11.0 Å². The Morgan fingerprint density at radius 1 is 1.00 bits per heavy atom. The molecule has 5 nitrogen and oxygen atoms in total. The average molecular weight is 415 g/mol. The standard InChI is InChI=1S/C24H22N4OS/c1-15-3-9-20(30-17-6-4-16(29)5-7-17)19(13-15)27-22-18-8-10-21(24(2)11-12-24)28-23(18)26-14-25-22/h3-10,13-14,29H,11-12H2,1-2H3,(H,25,26,27,28). The summed E-state index contributed by atoms with van der Waals surface area (Å²) < 4.78 is 0. The van der Waals surface area contributed by atoms with Gasteiger partial charge in [-0.05, 0) is 73.9 Å². The molecule has 2 aromatic heterocycles. The fourth-order valence-electron chi connectivity index (χ4n) is 3.42. The van der Waals surface area contributed by atoms with Crippen molar-refractivity contribution in [3.63, 3.8) is 0 Å². The molecule has 2 aromatic carbocycles. The number of phenolic OH excluding ortho intramolecular Hbond substituents is 1. The summed E-state index contributed by atoms with van der Waals surface area (Å²) >= 11 is 1.64. The second-order valence-electron chi connectivity index (χ2n) is 8.07. The summed E-state index contributed by atoms with van der Waals surface area (Å²) in [5.41, 5.74) is 4.17. The molecule has 150 valence electrons. The van der Waals surface area contributed by atoms with Crippen LogP contribution in [0.3, 0.4) is 0 Å². The molecule has 0 amide bonds. The lowest BCUT2D eigenvalue weighted by Gasteiger charge is -2.14. The largest absolute Gasteiger partial charge is 0.508 e. The van der Waals surface area contributed by atoms with E-state index >= 15 is 0 Å². The van der Waals surface area contributed by atoms with Crippen molar-refractivity contribution < 1.29 is 5.11 Å². The maximum Gasteiger partial charge on any atom is 0.164 e. The third kappa shape index (κ3) is 3.71. The highest BCUT2D eigenvalue weighted by Gasteiger charge is 2.40. The summed E-state index contributed by atoms with van der Waals surface area (Å²) in [5.74, 6) is 1.01. The SMILES string of the molecule is Cc1ccc(Sc2ccc(O)cc2)c(Nc2ncnc3nc(C4(C)CC4)ccc23)c1. The summed E-state index contributed by atoms with van der Waals surface area (Å²) in [4.78, 5) is 15.8. The lowest BCUT2D eigenvalue weighted by atomic mass is 10.0. The van der Waals surface area contributed by atoms with Gasteiger partial charge in [-0.2, -0.15) is 0 Å². The lowest BCUT2D eigenvalue weighted by molar-refractivity contribution is 0.475. The monoisotopic (exact) mass is 414 g/mol. The number of benzene rings is 2. The molecule has 0 aliphatic heterocycles. The van der Waals surface area contributed by atoms with Crippen LogP contribution in [0.4, 0.5) is 11.5 Å². The second kappa shape index (κ2) is 7.29. The number of aromatic hydroxyl groups is 1. The molecule has 0 spiro atoms. The van der Waals surface area contributed by atoms with E-state index in [1.807, 2.05) is 12.1 Å². The highest BCUT2D eigenvalue weighted by atomic mass is 32.2. The average Bonchev–Trinajstić information content (AvgIpc) is 3.50. The fourth-order valence-corrected chi connectivity index (χ4v) is 4.30. The maximum atomic E-state index is 9.54. The number of nitrogens with one attached hydrogen (secondary N) is 1. The predicted molar refractivity (Wildman–Crippen MR) is 121 cm³/mol. The first-order valence-corrected chi connectivity index (χ1v) is 10.8. The van der Waals surface area contributed by atoms with Crippen molar-refractivity contribution in [3.05, 3.63) is 72.2 Å². The van der Waals surface area contributed by atoms with E-state index in [0.717, 1.165) is 43.6 Å². The Kier molecular flexibility index (Phi) is 4.59. The zero-order valence-electron chi connectivity index (χ0n) is 16.9. The lowest BCUT2D eigenvalue weighted by Crippen LogP contribution is -2.05. The van der Waals surface area contributed by atoms with Crippen LogP contribution in [0.2, 0.25) is 0 Å². The molecule has 1 aliphatic rings. The molecule has 0 atom stereocenters. The zero-order chi connectivity index (χ0) is 20.7. The first-order valence-electron chi connectivity index (χ1n) is 9.97. The van der Waals surface area contributed by atoms with E-state index in [1.54, 1.807) is 30.2 Å². The Balaban J connectivity index is 1.50. The minimum Gasteiger partial charge on any atom is -0.508 e. The van der Waals surface area contributed by atoms with E-state index < -0.39 is 0 Å². The number of hydrogen-bond donors (Lipinski definition) is 2. The van der Waals surface area contributed by atoms with E-state index in [2.05, 4.69) is 59.5 Å². The van der Waals surface area contributed by atoms with Crippen LogP contribution in [0, 0.1) is 6.92 Å². The van der Waals surface area contributed by atoms with Gasteiger partial charge in [-0.1, -0.05) is 24.8 Å². The first-order chi connectivity index (χ1) is 14.5. The van der Waals surface area contributed by atoms with Gasteiger partial charge in [-0.3, -0.25) is 0 Å². The zero-order valence-corrected chi connectivity index (χ0v) is 17.7. The summed E-state index contributed by atoms with van der Waals surface area (Å²) in [6.45, 7) is 4.32. The number of phenols is 1. The molecule has 30 heavy (non-hydrogen) atoms. The van der Waals surface area contributed by atoms with Crippen molar-refractivity contribution in [1.29, 1.82) is 0 Å². The molecule has 4 aromatic rings. The van der Waals surface area contributed by atoms with Gasteiger partial charge >= 0.3 is 0 Å². The van der Waals surface area contributed by atoms with Crippen molar-refractivity contribution in [3.8, 4) is 5.75 Å². The van der Waals surface area contributed by atoms with Gasteiger partial charge in [-0.25, -0.2) is 15.0 Å². The van der Waals surface area contributed by atoms with Crippen LogP contribution in [0.15, 0.2) is 70.7 Å². The van der Waals surface area contributed by atoms with Gasteiger partial charge in [0.05, 0.1) is 11.1 Å². The van der Waals surface area contributed by atoms with E-state index in [4.69, 9.17) is 4.98 Å². The molecule has 0 radical (unpaired) electrons. The summed E-state index contributed by atoms with van der Waals surface area (Å²) in [7, 11) is 0. The number of aryl methyl sites for hydroxylation is 1. The quantitative estimate of drug-likeness (QED) is 0.418. The number of aromatic nitrogens is 3. The summed E-state index contributed by atoms with van der Waals surface area (Å²) in [6, 6.07) is 17.7. The van der Waals surface area contributed by atoms with Crippen molar-refractivity contribution in [1.82, 2.24) is 15.0 Å². The van der Waals surface area contributed by atoms with Crippen LogP contribution in [-0.2, 0) is 5.41 Å². The minimum atomic E-state index is 0.206. The third-order valence-corrected chi connectivity index (χ3v) is 6.65. The molecule has 1 saturated carbocycles. The van der Waals surface area contributed by atoms with Gasteiger partial charge in [0, 0.05) is 20.9 Å². The molecule has 2 heterocycles. The summed E-state index contributed by atoms with van der Waals surface area (Å²) in [5, 5.41) is 14.0. The van der Waals surface area contributed by atoms with Gasteiger partial charge in [0.2, 0.25) is 0 Å². The molecule has 0 unspecified atom stereocenters. The second-order valence-corrected chi connectivity index (χ2v) is 9.19. The van der Waals surface area contributed by atoms with Gasteiger partial charge in [-0.15, -0.1) is 0 Å². The molecule has 6 heteroatoms. The molecule has 0 saturated heterocycles. The molecule has 1 fully saturated rings. The van der Waals surface area contributed by atoms with Crippen molar-refractivity contribution >= 4 is 34.3 Å². The molecule has 1 aliphatic carbocycles. The van der Waals surface area contributed by atoms with Gasteiger partial charge in [0.1, 0.15) is 17.9 Å². The number of pyridine rings is 1. The van der Waals surface area contributed by atoms with Gasteiger partial charge in [0.25, 0.3) is 0 Å². The van der Waals surface area contributed by atoms with Crippen molar-refractivity contribution in [2.75, 3.05) is 5.32 Å². The van der Waals surface area contributed by atoms with Crippen LogP contribution >= 0.6 is 11.8 Å². The molecular formula is C24H22N4OS. The number of rotatable bonds is 5. The third-order valence-electron chi connectivity index (χ3n) is 5.57. The van der Waals surface area contributed by atoms with Crippen LogP contribution in [0.1, 0.15) is 31.0 Å². The van der Waals surface area contributed by atoms with Crippen LogP contribution in [-0.4, -0.2) is 20.1 Å². The Hall–Kier alpha value is -3.12. The Morgan fingerprint density at radius 2 is 1.80 bits per heavy atom. The maximum absolute atomic E-state index is 9.54. The molecule has 2 N–H and O–H groups in total. The first kappa shape index (κ1) is 18.9. The van der Waals surface area contributed by atoms with E-state index in [-0.39, 0.29) is 11.2 Å². The fraction of sp³-hybridized carbons (Fsp3) is 0.208. The number of anilines is 2. The normalized spacial score (nSPS) is 14.6. The van der Waals surface area contributed by atoms with Crippen molar-refractivity contribution in [2.45, 2.75) is 41.9 Å². The topological polar surface area (TPSA) is 70.9 Å². The van der Waals surface area contributed by atoms with Gasteiger partial charge in [0.15, 0.2) is 5.65 Å². The smallest absolute Gasteiger partial charge is 0.164 e. The molecule has 5 rings (SSSR count). The van der Waals surface area contributed by atoms with E-state index in [1.165, 1.54) is 12.8 Å². The minimum absolute atomic E-state index is 0.206. The Bertz CT molecular complexity index is 1240. The van der Waals surface area contributed by atoms with E-state index in [9.17, 15) is 5.11 Å². The van der Waals surface area contributed by atoms with Crippen LogP contribution in [0.5, 0.6) is 5.75 Å². The van der Waals surface area contributed by atoms with Gasteiger partial charge < -0.3 is 10.4 Å². The number of hydrogen-bond acceptors (Lipinski definition) is 6. The summed E-state index contributed by atoms with van der Waals surface area (Å²) in [6.07, 6.45) is 3.94. The van der Waals surface area contributed by atoms with Crippen molar-refractivity contribution in [2.24, 2.45) is 0 Å². The predicted octanol–water partition coefficient (Wildman–Crippen LogP) is 5.99. The molecule has 0 bridgehead atoms. The Morgan fingerprint density at radius 3 is 2.57 bits per heavy atom. The number of fused-ring (bicyclic) bond motifs is 1. The van der Waals surface area contributed by atoms with E-state index in [0.29, 0.717) is 0 Å². The number of nitrogens with zero attached hydrogens (tertiary/aromatic N) is 3. The van der Waals surface area contributed by atoms with Crippen LogP contribution < -0.4 is 5.32 Å². The molecular weight excluding hydrogens is 392 g/mol. The highest BCUT2D eigenvalue weighted by molar-refractivity contribution is 7.99. The highest BCUT2D eigenvalue weighted by Crippen LogP contribution is 2.47.